The molecule has 27 heavy (non-hydrogen) atoms. The Kier molecular flexibility index (Phi) is 6.81. The molecule has 0 fully saturated rings. The molecule has 0 radical (unpaired) electrons. The Morgan fingerprint density at radius 1 is 1.19 bits per heavy atom. The Balaban J connectivity index is 1.71. The number of nitrogens with zero attached hydrogens (tertiary/aromatic N) is 3. The third kappa shape index (κ3) is 5.04. The van der Waals surface area contributed by atoms with Gasteiger partial charge in [-0.05, 0) is 49.4 Å². The van der Waals surface area contributed by atoms with Crippen molar-refractivity contribution in [2.24, 2.45) is 0 Å². The summed E-state index contributed by atoms with van der Waals surface area (Å²) in [4.78, 5) is 12.2. The van der Waals surface area contributed by atoms with E-state index in [2.05, 4.69) is 31.4 Å². The average Bonchev–Trinajstić information content (AvgIpc) is 3.04. The molecule has 3 rings (SSSR count). The van der Waals surface area contributed by atoms with Crippen molar-refractivity contribution in [2.45, 2.75) is 18.6 Å². The Hall–Kier alpha value is -1.54. The summed E-state index contributed by atoms with van der Waals surface area (Å²) in [6.07, 6.45) is 0. The molecule has 0 aliphatic heterocycles. The van der Waals surface area contributed by atoms with Gasteiger partial charge in [-0.25, -0.2) is 0 Å². The molecule has 1 heterocycles. The van der Waals surface area contributed by atoms with Gasteiger partial charge in [0, 0.05) is 27.3 Å². The molecule has 9 heteroatoms. The summed E-state index contributed by atoms with van der Waals surface area (Å²) in [5, 5.41) is 13.0. The van der Waals surface area contributed by atoms with Crippen molar-refractivity contribution >= 4 is 62.5 Å². The maximum absolute atomic E-state index is 12.2. The van der Waals surface area contributed by atoms with Crippen LogP contribution in [0.3, 0.4) is 0 Å². The van der Waals surface area contributed by atoms with Crippen LogP contribution in [0.5, 0.6) is 0 Å². The molecular weight excluding hydrogens is 471 g/mol. The molecule has 0 atom stereocenters. The summed E-state index contributed by atoms with van der Waals surface area (Å²) < 4.78 is 2.88. The Morgan fingerprint density at radius 3 is 2.59 bits per heavy atom. The van der Waals surface area contributed by atoms with Crippen molar-refractivity contribution in [3.8, 4) is 11.4 Å². The highest BCUT2D eigenvalue weighted by Crippen LogP contribution is 2.31. The molecule has 0 unspecified atom stereocenters. The summed E-state index contributed by atoms with van der Waals surface area (Å²) in [5.41, 5.74) is 1.50. The molecule has 0 aliphatic carbocycles. The molecule has 0 saturated carbocycles. The molecule has 0 saturated heterocycles. The smallest absolute Gasteiger partial charge is 0.234 e. The van der Waals surface area contributed by atoms with Crippen molar-refractivity contribution in [1.29, 1.82) is 0 Å². The first-order valence-corrected chi connectivity index (χ1v) is 10.6. The minimum Gasteiger partial charge on any atom is -0.325 e. The van der Waals surface area contributed by atoms with E-state index in [4.69, 9.17) is 23.2 Å². The fourth-order valence-corrected chi connectivity index (χ4v) is 3.97. The lowest BCUT2D eigenvalue weighted by molar-refractivity contribution is -0.113. The van der Waals surface area contributed by atoms with Gasteiger partial charge in [-0.1, -0.05) is 50.9 Å². The van der Waals surface area contributed by atoms with Gasteiger partial charge in [0.05, 0.1) is 10.8 Å². The van der Waals surface area contributed by atoms with E-state index in [1.54, 1.807) is 12.1 Å². The zero-order chi connectivity index (χ0) is 19.4. The number of benzene rings is 2. The molecule has 1 amide bonds. The van der Waals surface area contributed by atoms with Crippen LogP contribution >= 0.6 is 50.9 Å². The van der Waals surface area contributed by atoms with Crippen LogP contribution in [0, 0.1) is 0 Å². The van der Waals surface area contributed by atoms with E-state index >= 15 is 0 Å². The summed E-state index contributed by atoms with van der Waals surface area (Å²) in [5.74, 6) is 0.761. The van der Waals surface area contributed by atoms with E-state index in [1.807, 2.05) is 41.8 Å². The van der Waals surface area contributed by atoms with Gasteiger partial charge < -0.3 is 9.88 Å². The van der Waals surface area contributed by atoms with E-state index in [9.17, 15) is 4.79 Å². The molecule has 1 aromatic heterocycles. The second kappa shape index (κ2) is 9.10. The number of halogens is 3. The van der Waals surface area contributed by atoms with Gasteiger partial charge in [-0.2, -0.15) is 0 Å². The van der Waals surface area contributed by atoms with Crippen molar-refractivity contribution in [3.05, 3.63) is 57.0 Å². The van der Waals surface area contributed by atoms with Gasteiger partial charge in [0.15, 0.2) is 11.0 Å². The summed E-state index contributed by atoms with van der Waals surface area (Å²) in [7, 11) is 0. The second-order valence-corrected chi connectivity index (χ2v) is 8.22. The SMILES string of the molecule is CCn1c(SCC(=O)Nc2ccc(Br)cc2)nnc1-c1ccc(Cl)cc1Cl. The van der Waals surface area contributed by atoms with E-state index in [-0.39, 0.29) is 11.7 Å². The van der Waals surface area contributed by atoms with E-state index in [0.717, 1.165) is 15.7 Å². The third-order valence-electron chi connectivity index (χ3n) is 3.67. The van der Waals surface area contributed by atoms with Gasteiger partial charge in [0.2, 0.25) is 5.91 Å². The second-order valence-electron chi connectivity index (χ2n) is 5.52. The van der Waals surface area contributed by atoms with Crippen LogP contribution in [0.1, 0.15) is 6.92 Å². The molecule has 140 valence electrons. The summed E-state index contributed by atoms with van der Waals surface area (Å²) in [6.45, 7) is 2.64. The van der Waals surface area contributed by atoms with Gasteiger partial charge >= 0.3 is 0 Å². The lowest BCUT2D eigenvalue weighted by Crippen LogP contribution is -2.14. The monoisotopic (exact) mass is 484 g/mol. The number of aromatic nitrogens is 3. The minimum atomic E-state index is -0.112. The van der Waals surface area contributed by atoms with Crippen molar-refractivity contribution < 1.29 is 4.79 Å². The van der Waals surface area contributed by atoms with Gasteiger partial charge in [0.25, 0.3) is 0 Å². The third-order valence-corrected chi connectivity index (χ3v) is 5.71. The predicted octanol–water partition coefficient (Wildman–Crippen LogP) is 5.77. The van der Waals surface area contributed by atoms with Gasteiger partial charge in [-0.3, -0.25) is 4.79 Å². The maximum atomic E-state index is 12.2. The fourth-order valence-electron chi connectivity index (χ4n) is 2.41. The predicted molar refractivity (Wildman–Crippen MR) is 115 cm³/mol. The first kappa shape index (κ1) is 20.2. The number of amides is 1. The zero-order valence-electron chi connectivity index (χ0n) is 14.2. The fraction of sp³-hybridized carbons (Fsp3) is 0.167. The number of nitrogens with one attached hydrogen (secondary N) is 1. The molecule has 0 spiro atoms. The normalized spacial score (nSPS) is 10.8. The Morgan fingerprint density at radius 2 is 1.93 bits per heavy atom. The van der Waals surface area contributed by atoms with Gasteiger partial charge in [0.1, 0.15) is 0 Å². The highest BCUT2D eigenvalue weighted by Gasteiger charge is 2.17. The summed E-state index contributed by atoms with van der Waals surface area (Å²) in [6, 6.07) is 12.7. The van der Waals surface area contributed by atoms with Crippen LogP contribution in [0.25, 0.3) is 11.4 Å². The number of rotatable bonds is 6. The lowest BCUT2D eigenvalue weighted by atomic mass is 10.2. The molecule has 2 aromatic carbocycles. The van der Waals surface area contributed by atoms with Crippen LogP contribution < -0.4 is 5.32 Å². The number of anilines is 1. The van der Waals surface area contributed by atoms with Crippen LogP contribution in [-0.2, 0) is 11.3 Å². The van der Waals surface area contributed by atoms with Crippen LogP contribution in [0.2, 0.25) is 10.0 Å². The molecule has 0 bridgehead atoms. The number of thioether (sulfide) groups is 1. The maximum Gasteiger partial charge on any atom is 0.234 e. The number of hydrogen-bond acceptors (Lipinski definition) is 4. The highest BCUT2D eigenvalue weighted by atomic mass is 79.9. The standard InChI is InChI=1S/C18H15BrCl2N4OS/c1-2-25-17(14-8-5-12(20)9-15(14)21)23-24-18(25)27-10-16(26)22-13-6-3-11(19)4-7-13/h3-9H,2,10H2,1H3,(H,22,26). The first-order valence-electron chi connectivity index (χ1n) is 8.04. The van der Waals surface area contributed by atoms with Crippen LogP contribution in [-0.4, -0.2) is 26.4 Å². The minimum absolute atomic E-state index is 0.112. The highest BCUT2D eigenvalue weighted by molar-refractivity contribution is 9.10. The number of carbonyl (C=O) groups is 1. The molecular formula is C18H15BrCl2N4OS. The molecule has 5 nitrogen and oxygen atoms in total. The number of carbonyl (C=O) groups excluding carboxylic acids is 1. The van der Waals surface area contributed by atoms with Crippen LogP contribution in [0.4, 0.5) is 5.69 Å². The van der Waals surface area contributed by atoms with E-state index < -0.39 is 0 Å². The topological polar surface area (TPSA) is 59.8 Å². The van der Waals surface area contributed by atoms with Crippen molar-refractivity contribution in [1.82, 2.24) is 14.8 Å². The van der Waals surface area contributed by atoms with Gasteiger partial charge in [-0.15, -0.1) is 10.2 Å². The first-order chi connectivity index (χ1) is 13.0. The lowest BCUT2D eigenvalue weighted by Gasteiger charge is -2.09. The zero-order valence-corrected chi connectivity index (χ0v) is 18.2. The average molecular weight is 486 g/mol. The molecule has 0 aliphatic rings. The van der Waals surface area contributed by atoms with Crippen molar-refractivity contribution in [3.63, 3.8) is 0 Å². The van der Waals surface area contributed by atoms with Crippen LogP contribution in [0.15, 0.2) is 52.1 Å². The Bertz CT molecular complexity index is 962. The number of hydrogen-bond donors (Lipinski definition) is 1. The molecule has 1 N–H and O–H groups in total. The van der Waals surface area contributed by atoms with E-state index in [1.165, 1.54) is 11.8 Å². The molecule has 3 aromatic rings. The van der Waals surface area contributed by atoms with Crippen molar-refractivity contribution in [2.75, 3.05) is 11.1 Å². The Labute approximate surface area is 179 Å². The summed E-state index contributed by atoms with van der Waals surface area (Å²) >= 11 is 16.9. The quantitative estimate of drug-likeness (QED) is 0.450. The largest absolute Gasteiger partial charge is 0.325 e. The van der Waals surface area contributed by atoms with E-state index in [0.29, 0.717) is 27.6 Å².